The number of likely N-dealkylation sites (tertiary alicyclic amines) is 1. The zero-order chi connectivity index (χ0) is 19.2. The molecule has 0 bridgehead atoms. The molecule has 1 saturated heterocycles. The SMILES string of the molecule is Oc1[nH]c2ccccc2c1C=Nc1ccc(OCCCN2CCCCC2)cc1. The summed E-state index contributed by atoms with van der Waals surface area (Å²) in [4.78, 5) is 9.99. The average molecular weight is 377 g/mol. The number of aromatic nitrogens is 1. The Morgan fingerprint density at radius 1 is 1.04 bits per heavy atom. The number of aromatic amines is 1. The maximum absolute atomic E-state index is 10.1. The molecule has 28 heavy (non-hydrogen) atoms. The van der Waals surface area contributed by atoms with E-state index in [0.29, 0.717) is 5.56 Å². The van der Waals surface area contributed by atoms with Crippen LogP contribution in [0.1, 0.15) is 31.2 Å². The molecule has 1 aromatic heterocycles. The second-order valence-electron chi connectivity index (χ2n) is 7.29. The zero-order valence-corrected chi connectivity index (χ0v) is 16.1. The van der Waals surface area contributed by atoms with Crippen molar-refractivity contribution in [1.29, 1.82) is 0 Å². The minimum atomic E-state index is 0.138. The van der Waals surface area contributed by atoms with Crippen molar-refractivity contribution < 1.29 is 9.84 Å². The molecule has 1 aliphatic rings. The van der Waals surface area contributed by atoms with Gasteiger partial charge in [0.1, 0.15) is 5.75 Å². The van der Waals surface area contributed by atoms with Crippen LogP contribution in [0.5, 0.6) is 11.6 Å². The molecule has 0 radical (unpaired) electrons. The maximum atomic E-state index is 10.1. The first-order chi connectivity index (χ1) is 13.8. The molecule has 0 unspecified atom stereocenters. The van der Waals surface area contributed by atoms with Crippen LogP contribution < -0.4 is 4.74 Å². The second-order valence-corrected chi connectivity index (χ2v) is 7.29. The molecule has 1 fully saturated rings. The van der Waals surface area contributed by atoms with Crippen molar-refractivity contribution >= 4 is 22.8 Å². The van der Waals surface area contributed by atoms with Gasteiger partial charge in [-0.3, -0.25) is 4.99 Å². The normalized spacial score (nSPS) is 15.4. The molecule has 2 aromatic carbocycles. The van der Waals surface area contributed by atoms with Crippen molar-refractivity contribution in [1.82, 2.24) is 9.88 Å². The number of rotatable bonds is 7. The first-order valence-corrected chi connectivity index (χ1v) is 10.1. The number of piperidine rings is 1. The molecule has 5 nitrogen and oxygen atoms in total. The van der Waals surface area contributed by atoms with E-state index in [0.717, 1.165) is 41.9 Å². The Balaban J connectivity index is 1.30. The Morgan fingerprint density at radius 3 is 2.64 bits per heavy atom. The fourth-order valence-corrected chi connectivity index (χ4v) is 3.71. The highest BCUT2D eigenvalue weighted by atomic mass is 16.5. The Bertz CT molecular complexity index is 925. The van der Waals surface area contributed by atoms with E-state index < -0.39 is 0 Å². The third kappa shape index (κ3) is 4.54. The fraction of sp³-hybridized carbons (Fsp3) is 0.348. The van der Waals surface area contributed by atoms with Crippen molar-refractivity contribution in [3.8, 4) is 11.6 Å². The highest BCUT2D eigenvalue weighted by Gasteiger charge is 2.09. The summed E-state index contributed by atoms with van der Waals surface area (Å²) < 4.78 is 5.86. The summed E-state index contributed by atoms with van der Waals surface area (Å²) in [5.74, 6) is 1.01. The number of aliphatic imine (C=N–C) groups is 1. The molecule has 2 N–H and O–H groups in total. The van der Waals surface area contributed by atoms with Crippen LogP contribution in [0.4, 0.5) is 5.69 Å². The second kappa shape index (κ2) is 8.93. The minimum Gasteiger partial charge on any atom is -0.494 e. The van der Waals surface area contributed by atoms with Gasteiger partial charge in [-0.25, -0.2) is 0 Å². The van der Waals surface area contributed by atoms with Crippen molar-refractivity contribution in [3.05, 3.63) is 54.1 Å². The van der Waals surface area contributed by atoms with Crippen LogP contribution >= 0.6 is 0 Å². The topological polar surface area (TPSA) is 60.9 Å². The average Bonchev–Trinajstić information content (AvgIpc) is 3.06. The van der Waals surface area contributed by atoms with Gasteiger partial charge >= 0.3 is 0 Å². The lowest BCUT2D eigenvalue weighted by Crippen LogP contribution is -2.31. The fourth-order valence-electron chi connectivity index (χ4n) is 3.71. The van der Waals surface area contributed by atoms with Gasteiger partial charge in [-0.1, -0.05) is 24.6 Å². The summed E-state index contributed by atoms with van der Waals surface area (Å²) in [5.41, 5.74) is 2.42. The number of benzene rings is 2. The van der Waals surface area contributed by atoms with Gasteiger partial charge in [0, 0.05) is 23.7 Å². The quantitative estimate of drug-likeness (QED) is 0.456. The number of nitrogens with zero attached hydrogens (tertiary/aromatic N) is 2. The van der Waals surface area contributed by atoms with E-state index in [4.69, 9.17) is 4.74 Å². The Labute approximate surface area is 165 Å². The molecule has 5 heteroatoms. The molecule has 0 atom stereocenters. The first-order valence-electron chi connectivity index (χ1n) is 10.1. The van der Waals surface area contributed by atoms with Crippen LogP contribution in [0.3, 0.4) is 0 Å². The number of fused-ring (bicyclic) bond motifs is 1. The largest absolute Gasteiger partial charge is 0.494 e. The predicted octanol–water partition coefficient (Wildman–Crippen LogP) is 4.88. The van der Waals surface area contributed by atoms with E-state index >= 15 is 0 Å². The van der Waals surface area contributed by atoms with Gasteiger partial charge in [-0.05, 0) is 62.7 Å². The summed E-state index contributed by atoms with van der Waals surface area (Å²) in [5, 5.41) is 11.1. The number of para-hydroxylation sites is 1. The Hall–Kier alpha value is -2.79. The van der Waals surface area contributed by atoms with Crippen LogP contribution in [-0.4, -0.2) is 47.4 Å². The van der Waals surface area contributed by atoms with E-state index in [9.17, 15) is 5.11 Å². The Kier molecular flexibility index (Phi) is 5.92. The lowest BCUT2D eigenvalue weighted by Gasteiger charge is -2.26. The van der Waals surface area contributed by atoms with Gasteiger partial charge in [0.15, 0.2) is 5.88 Å². The smallest absolute Gasteiger partial charge is 0.198 e. The van der Waals surface area contributed by atoms with Crippen molar-refractivity contribution in [2.75, 3.05) is 26.2 Å². The monoisotopic (exact) mass is 377 g/mol. The Morgan fingerprint density at radius 2 is 1.82 bits per heavy atom. The van der Waals surface area contributed by atoms with Crippen LogP contribution in [0.15, 0.2) is 53.5 Å². The van der Waals surface area contributed by atoms with Crippen LogP contribution in [0, 0.1) is 0 Å². The van der Waals surface area contributed by atoms with Crippen molar-refractivity contribution in [2.45, 2.75) is 25.7 Å². The van der Waals surface area contributed by atoms with Crippen LogP contribution in [0.2, 0.25) is 0 Å². The molecule has 2 heterocycles. The van der Waals surface area contributed by atoms with Gasteiger partial charge in [0.2, 0.25) is 0 Å². The van der Waals surface area contributed by atoms with E-state index in [1.165, 1.54) is 32.4 Å². The first kappa shape index (κ1) is 18.6. The van der Waals surface area contributed by atoms with Gasteiger partial charge < -0.3 is 19.7 Å². The maximum Gasteiger partial charge on any atom is 0.198 e. The minimum absolute atomic E-state index is 0.138. The highest BCUT2D eigenvalue weighted by molar-refractivity contribution is 6.02. The van der Waals surface area contributed by atoms with Gasteiger partial charge in [-0.15, -0.1) is 0 Å². The molecule has 3 aromatic rings. The molecular formula is C23H27N3O2. The zero-order valence-electron chi connectivity index (χ0n) is 16.1. The number of H-pyrrole nitrogens is 1. The van der Waals surface area contributed by atoms with Crippen LogP contribution in [-0.2, 0) is 0 Å². The molecule has 4 rings (SSSR count). The third-order valence-electron chi connectivity index (χ3n) is 5.24. The van der Waals surface area contributed by atoms with E-state index in [1.807, 2.05) is 48.5 Å². The molecule has 0 amide bonds. The lowest BCUT2D eigenvalue weighted by molar-refractivity contribution is 0.205. The molecule has 0 saturated carbocycles. The lowest BCUT2D eigenvalue weighted by atomic mass is 10.1. The summed E-state index contributed by atoms with van der Waals surface area (Å²) in [7, 11) is 0. The van der Waals surface area contributed by atoms with Gasteiger partial charge in [-0.2, -0.15) is 0 Å². The summed E-state index contributed by atoms with van der Waals surface area (Å²) in [6.07, 6.45) is 6.79. The van der Waals surface area contributed by atoms with E-state index in [1.54, 1.807) is 6.21 Å². The number of hydrogen-bond acceptors (Lipinski definition) is 4. The van der Waals surface area contributed by atoms with Crippen molar-refractivity contribution in [2.24, 2.45) is 4.99 Å². The predicted molar refractivity (Wildman–Crippen MR) is 114 cm³/mol. The molecular weight excluding hydrogens is 350 g/mol. The molecule has 146 valence electrons. The standard InChI is InChI=1S/C23H27N3O2/c27-23-21(20-7-2-3-8-22(20)25-23)17-24-18-9-11-19(12-10-18)28-16-6-15-26-13-4-1-5-14-26/h2-3,7-12,17,25,27H,1,4-6,13-16H2. The number of hydrogen-bond donors (Lipinski definition) is 2. The van der Waals surface area contributed by atoms with Crippen molar-refractivity contribution in [3.63, 3.8) is 0 Å². The number of nitrogens with one attached hydrogen (secondary N) is 1. The van der Waals surface area contributed by atoms with Gasteiger partial charge in [0.25, 0.3) is 0 Å². The highest BCUT2D eigenvalue weighted by Crippen LogP contribution is 2.26. The van der Waals surface area contributed by atoms with E-state index in [2.05, 4.69) is 14.9 Å². The summed E-state index contributed by atoms with van der Waals surface area (Å²) >= 11 is 0. The number of ether oxygens (including phenoxy) is 1. The van der Waals surface area contributed by atoms with Gasteiger partial charge in [0.05, 0.1) is 17.9 Å². The summed E-state index contributed by atoms with van der Waals surface area (Å²) in [6.45, 7) is 4.33. The number of aromatic hydroxyl groups is 1. The third-order valence-corrected chi connectivity index (χ3v) is 5.24. The summed E-state index contributed by atoms with van der Waals surface area (Å²) in [6, 6.07) is 15.5. The van der Waals surface area contributed by atoms with Crippen LogP contribution in [0.25, 0.3) is 10.9 Å². The molecule has 1 aliphatic heterocycles. The molecule has 0 spiro atoms. The molecule has 0 aliphatic carbocycles. The van der Waals surface area contributed by atoms with E-state index in [-0.39, 0.29) is 5.88 Å².